The van der Waals surface area contributed by atoms with Gasteiger partial charge in [-0.3, -0.25) is 14.9 Å². The second-order valence-corrected chi connectivity index (χ2v) is 5.28. The van der Waals surface area contributed by atoms with Gasteiger partial charge in [0.1, 0.15) is 0 Å². The lowest BCUT2D eigenvalue weighted by molar-refractivity contribution is -0.115. The molecule has 3 N–H and O–H groups in total. The molecule has 7 nitrogen and oxygen atoms in total. The molecule has 0 aliphatic heterocycles. The third kappa shape index (κ3) is 6.07. The molecule has 27 heavy (non-hydrogen) atoms. The molecule has 2 rings (SSSR count). The van der Waals surface area contributed by atoms with Gasteiger partial charge in [0, 0.05) is 23.0 Å². The molecule has 0 bridgehead atoms. The van der Waals surface area contributed by atoms with Gasteiger partial charge in [0.15, 0.2) is 11.6 Å². The number of amides is 3. The third-order valence-electron chi connectivity index (χ3n) is 3.28. The number of halogens is 2. The van der Waals surface area contributed by atoms with Crippen molar-refractivity contribution in [3.8, 4) is 0 Å². The van der Waals surface area contributed by atoms with Gasteiger partial charge in [0.05, 0.1) is 13.2 Å². The van der Waals surface area contributed by atoms with Crippen molar-refractivity contribution >= 4 is 29.3 Å². The van der Waals surface area contributed by atoms with E-state index in [0.717, 1.165) is 12.1 Å². The highest BCUT2D eigenvalue weighted by molar-refractivity contribution is 5.99. The number of hydrogen-bond donors (Lipinski definition) is 3. The summed E-state index contributed by atoms with van der Waals surface area (Å²) in [4.78, 5) is 35.1. The summed E-state index contributed by atoms with van der Waals surface area (Å²) in [5, 5.41) is 7.21. The molecule has 0 unspecified atom stereocenters. The number of nitrogens with one attached hydrogen (secondary N) is 3. The maximum absolute atomic E-state index is 13.1. The molecular formula is C18H17F2N3O4. The summed E-state index contributed by atoms with van der Waals surface area (Å²) in [5.74, 6) is -3.23. The van der Waals surface area contributed by atoms with Gasteiger partial charge in [-0.15, -0.1) is 0 Å². The smallest absolute Gasteiger partial charge is 0.411 e. The molecule has 2 aromatic carbocycles. The molecule has 0 aliphatic carbocycles. The zero-order valence-corrected chi connectivity index (χ0v) is 14.3. The van der Waals surface area contributed by atoms with Gasteiger partial charge < -0.3 is 15.4 Å². The van der Waals surface area contributed by atoms with Crippen LogP contribution in [0, 0.1) is 11.6 Å². The predicted molar refractivity (Wildman–Crippen MR) is 94.4 cm³/mol. The van der Waals surface area contributed by atoms with Gasteiger partial charge in [-0.2, -0.15) is 0 Å². The van der Waals surface area contributed by atoms with E-state index >= 15 is 0 Å². The fraction of sp³-hybridized carbons (Fsp3) is 0.167. The van der Waals surface area contributed by atoms with Crippen LogP contribution in [0.3, 0.4) is 0 Å². The predicted octanol–water partition coefficient (Wildman–Crippen LogP) is 2.90. The molecule has 0 saturated heterocycles. The number of rotatable bonds is 6. The molecule has 0 spiro atoms. The van der Waals surface area contributed by atoms with Gasteiger partial charge in [-0.05, 0) is 43.3 Å². The normalized spacial score (nSPS) is 10.0. The van der Waals surface area contributed by atoms with Crippen molar-refractivity contribution in [3.63, 3.8) is 0 Å². The first-order chi connectivity index (χ1) is 12.9. The van der Waals surface area contributed by atoms with Crippen LogP contribution in [0.2, 0.25) is 0 Å². The molecule has 0 atom stereocenters. The van der Waals surface area contributed by atoms with Crippen molar-refractivity contribution in [1.29, 1.82) is 0 Å². The minimum Gasteiger partial charge on any atom is -0.450 e. The zero-order chi connectivity index (χ0) is 19.8. The van der Waals surface area contributed by atoms with Crippen molar-refractivity contribution in [1.82, 2.24) is 5.32 Å². The first kappa shape index (κ1) is 19.8. The monoisotopic (exact) mass is 377 g/mol. The number of anilines is 2. The summed E-state index contributed by atoms with van der Waals surface area (Å²) in [6.45, 7) is 1.55. The lowest BCUT2D eigenvalue weighted by Crippen LogP contribution is -2.32. The van der Waals surface area contributed by atoms with E-state index in [0.29, 0.717) is 5.69 Å². The van der Waals surface area contributed by atoms with Gasteiger partial charge in [0.2, 0.25) is 5.91 Å². The van der Waals surface area contributed by atoms with E-state index in [1.807, 2.05) is 0 Å². The molecular weight excluding hydrogens is 360 g/mol. The van der Waals surface area contributed by atoms with E-state index in [1.54, 1.807) is 6.92 Å². The maximum atomic E-state index is 13.1. The van der Waals surface area contributed by atoms with Crippen LogP contribution in [0.25, 0.3) is 0 Å². The molecule has 0 fully saturated rings. The summed E-state index contributed by atoms with van der Waals surface area (Å²) in [7, 11) is 0. The standard InChI is InChI=1S/C18H17F2N3O4/c1-2-27-18(26)23-12-5-3-11(4-6-12)17(25)21-10-16(24)22-13-7-8-14(19)15(20)9-13/h3-9H,2,10H2,1H3,(H,21,25)(H,22,24)(H,23,26). The Bertz CT molecular complexity index is 841. The largest absolute Gasteiger partial charge is 0.450 e. The lowest BCUT2D eigenvalue weighted by atomic mass is 10.2. The highest BCUT2D eigenvalue weighted by Gasteiger charge is 2.10. The second kappa shape index (κ2) is 9.27. The number of carbonyl (C=O) groups is 3. The Labute approximate surface area is 153 Å². The number of benzene rings is 2. The fourth-order valence-corrected chi connectivity index (χ4v) is 2.03. The summed E-state index contributed by atoms with van der Waals surface area (Å²) in [6, 6.07) is 8.86. The number of ether oxygens (including phenoxy) is 1. The van der Waals surface area contributed by atoms with Gasteiger partial charge >= 0.3 is 6.09 Å². The van der Waals surface area contributed by atoms with Crippen LogP contribution < -0.4 is 16.0 Å². The molecule has 0 aliphatic rings. The van der Waals surface area contributed by atoms with E-state index < -0.39 is 29.5 Å². The molecule has 0 radical (unpaired) electrons. The van der Waals surface area contributed by atoms with E-state index in [2.05, 4.69) is 16.0 Å². The Morgan fingerprint density at radius 2 is 1.59 bits per heavy atom. The van der Waals surface area contributed by atoms with Crippen molar-refractivity contribution < 1.29 is 27.9 Å². The van der Waals surface area contributed by atoms with Crippen LogP contribution in [0.4, 0.5) is 25.0 Å². The van der Waals surface area contributed by atoms with Crippen LogP contribution in [0.15, 0.2) is 42.5 Å². The third-order valence-corrected chi connectivity index (χ3v) is 3.28. The lowest BCUT2D eigenvalue weighted by Gasteiger charge is -2.08. The van der Waals surface area contributed by atoms with Gasteiger partial charge in [-0.25, -0.2) is 13.6 Å². The van der Waals surface area contributed by atoms with Crippen LogP contribution >= 0.6 is 0 Å². The van der Waals surface area contributed by atoms with Crippen LogP contribution in [-0.2, 0) is 9.53 Å². The molecule has 0 saturated carbocycles. The average Bonchev–Trinajstić information content (AvgIpc) is 2.63. The van der Waals surface area contributed by atoms with Crippen LogP contribution in [0.1, 0.15) is 17.3 Å². The highest BCUT2D eigenvalue weighted by atomic mass is 19.2. The first-order valence-corrected chi connectivity index (χ1v) is 7.96. The van der Waals surface area contributed by atoms with Crippen molar-refractivity contribution in [2.24, 2.45) is 0 Å². The first-order valence-electron chi connectivity index (χ1n) is 7.96. The van der Waals surface area contributed by atoms with E-state index in [9.17, 15) is 23.2 Å². The van der Waals surface area contributed by atoms with Crippen LogP contribution in [0.5, 0.6) is 0 Å². The van der Waals surface area contributed by atoms with Crippen molar-refractivity contribution in [2.75, 3.05) is 23.8 Å². The van der Waals surface area contributed by atoms with Crippen molar-refractivity contribution in [3.05, 3.63) is 59.7 Å². The summed E-state index contributed by atoms with van der Waals surface area (Å²) in [5.41, 5.74) is 0.786. The number of carbonyl (C=O) groups excluding carboxylic acids is 3. The molecule has 2 aromatic rings. The van der Waals surface area contributed by atoms with Crippen LogP contribution in [-0.4, -0.2) is 31.1 Å². The van der Waals surface area contributed by atoms with E-state index in [1.165, 1.54) is 30.3 Å². The fourth-order valence-electron chi connectivity index (χ4n) is 2.03. The van der Waals surface area contributed by atoms with Gasteiger partial charge in [0.25, 0.3) is 5.91 Å². The highest BCUT2D eigenvalue weighted by Crippen LogP contribution is 2.13. The minimum absolute atomic E-state index is 0.0718. The summed E-state index contributed by atoms with van der Waals surface area (Å²) >= 11 is 0. The Morgan fingerprint density at radius 1 is 0.926 bits per heavy atom. The zero-order valence-electron chi connectivity index (χ0n) is 14.3. The SMILES string of the molecule is CCOC(=O)Nc1ccc(C(=O)NCC(=O)Nc2ccc(F)c(F)c2)cc1. The van der Waals surface area contributed by atoms with E-state index in [-0.39, 0.29) is 24.4 Å². The number of hydrogen-bond acceptors (Lipinski definition) is 4. The molecule has 9 heteroatoms. The summed E-state index contributed by atoms with van der Waals surface area (Å²) < 4.78 is 30.7. The van der Waals surface area contributed by atoms with Crippen molar-refractivity contribution in [2.45, 2.75) is 6.92 Å². The molecule has 142 valence electrons. The Kier molecular flexibility index (Phi) is 6.81. The minimum atomic E-state index is -1.09. The van der Waals surface area contributed by atoms with Gasteiger partial charge in [-0.1, -0.05) is 0 Å². The maximum Gasteiger partial charge on any atom is 0.411 e. The molecule has 0 aromatic heterocycles. The Hall–Kier alpha value is -3.49. The Balaban J connectivity index is 1.84. The molecule has 3 amide bonds. The average molecular weight is 377 g/mol. The Morgan fingerprint density at radius 3 is 2.22 bits per heavy atom. The van der Waals surface area contributed by atoms with E-state index in [4.69, 9.17) is 4.74 Å². The second-order valence-electron chi connectivity index (χ2n) is 5.28. The summed E-state index contributed by atoms with van der Waals surface area (Å²) in [6.07, 6.45) is -0.608. The topological polar surface area (TPSA) is 96.5 Å². The molecule has 0 heterocycles. The quantitative estimate of drug-likeness (QED) is 0.721.